The van der Waals surface area contributed by atoms with E-state index in [4.69, 9.17) is 18.7 Å². The maximum Gasteiger partial charge on any atom is 0.247 e. The minimum Gasteiger partial charge on any atom is -0.381 e. The number of carbonyl (C=O) groups is 1. The second-order valence-corrected chi connectivity index (χ2v) is 12.5. The third kappa shape index (κ3) is 5.18. The highest BCUT2D eigenvalue weighted by atomic mass is 32.2. The van der Waals surface area contributed by atoms with E-state index in [-0.39, 0.29) is 18.3 Å². The first kappa shape index (κ1) is 25.1. The van der Waals surface area contributed by atoms with Crippen molar-refractivity contribution < 1.29 is 31.9 Å². The van der Waals surface area contributed by atoms with Gasteiger partial charge in [-0.15, -0.1) is 0 Å². The number of nitrogens with zero attached hydrogens (tertiary/aromatic N) is 1. The Bertz CT molecular complexity index is 882. The minimum absolute atomic E-state index is 0.106. The molecule has 32 heavy (non-hydrogen) atoms. The van der Waals surface area contributed by atoms with Crippen LogP contribution in [0.15, 0.2) is 10.6 Å². The van der Waals surface area contributed by atoms with Crippen molar-refractivity contribution in [3.05, 3.63) is 11.8 Å². The monoisotopic (exact) mass is 472 g/mol. The molecule has 1 N–H and O–H groups in total. The summed E-state index contributed by atoms with van der Waals surface area (Å²) in [5.74, 6) is -0.543. The number of aromatic nitrogens is 1. The third-order valence-corrected chi connectivity index (χ3v) is 9.74. The number of sulfone groups is 1. The molecule has 2 saturated heterocycles. The second-order valence-electron chi connectivity index (χ2n) is 9.69. The molecule has 1 amide bonds. The molecule has 182 valence electrons. The highest BCUT2D eigenvalue weighted by molar-refractivity contribution is 7.94. The standard InChI is InChI=1S/C22H36N2O7S/c1-15(30-19-8-6-7-11-29-19)21(2,3)17-14-18(31-24-17)23-20(25)22(4,5)32(26,27)16-9-12-28-13-10-16/h14-16,19H,6-13H2,1-5H3,(H,23,25)/t15?,19-/m0/s1. The first-order chi connectivity index (χ1) is 15.0. The zero-order chi connectivity index (χ0) is 23.6. The number of amides is 1. The smallest absolute Gasteiger partial charge is 0.247 e. The van der Waals surface area contributed by atoms with Gasteiger partial charge in [0.15, 0.2) is 16.1 Å². The summed E-state index contributed by atoms with van der Waals surface area (Å²) in [4.78, 5) is 12.9. The van der Waals surface area contributed by atoms with Crippen LogP contribution in [-0.2, 0) is 34.3 Å². The molecule has 0 saturated carbocycles. The Labute approximate surface area is 190 Å². The van der Waals surface area contributed by atoms with E-state index in [9.17, 15) is 13.2 Å². The number of anilines is 1. The highest BCUT2D eigenvalue weighted by Crippen LogP contribution is 2.33. The van der Waals surface area contributed by atoms with E-state index in [0.29, 0.717) is 38.4 Å². The first-order valence-electron chi connectivity index (χ1n) is 11.3. The van der Waals surface area contributed by atoms with Crippen molar-refractivity contribution in [2.45, 2.75) is 94.5 Å². The minimum atomic E-state index is -3.72. The topological polar surface area (TPSA) is 117 Å². The molecule has 0 aliphatic carbocycles. The molecule has 0 radical (unpaired) electrons. The lowest BCUT2D eigenvalue weighted by molar-refractivity contribution is -0.196. The summed E-state index contributed by atoms with van der Waals surface area (Å²) in [7, 11) is -3.72. The Morgan fingerprint density at radius 1 is 1.16 bits per heavy atom. The molecule has 10 heteroatoms. The lowest BCUT2D eigenvalue weighted by Crippen LogP contribution is -2.50. The SMILES string of the molecule is CC(O[C@H]1CCCCO1)C(C)(C)c1cc(NC(=O)C(C)(C)S(=O)(=O)C2CCOCC2)on1. The number of rotatable bonds is 8. The lowest BCUT2D eigenvalue weighted by Gasteiger charge is -2.34. The van der Waals surface area contributed by atoms with Gasteiger partial charge in [-0.25, -0.2) is 8.42 Å². The van der Waals surface area contributed by atoms with Crippen LogP contribution in [0.4, 0.5) is 5.88 Å². The van der Waals surface area contributed by atoms with E-state index in [1.807, 2.05) is 20.8 Å². The predicted molar refractivity (Wildman–Crippen MR) is 119 cm³/mol. The van der Waals surface area contributed by atoms with Crippen molar-refractivity contribution in [1.82, 2.24) is 5.16 Å². The molecule has 1 aromatic rings. The molecule has 1 unspecified atom stereocenters. The quantitative estimate of drug-likeness (QED) is 0.613. The van der Waals surface area contributed by atoms with E-state index in [1.54, 1.807) is 6.07 Å². The maximum atomic E-state index is 13.1. The van der Waals surface area contributed by atoms with E-state index in [2.05, 4.69) is 10.5 Å². The van der Waals surface area contributed by atoms with Crippen molar-refractivity contribution >= 4 is 21.6 Å². The maximum absolute atomic E-state index is 13.1. The van der Waals surface area contributed by atoms with E-state index in [1.165, 1.54) is 13.8 Å². The van der Waals surface area contributed by atoms with Crippen molar-refractivity contribution in [2.75, 3.05) is 25.1 Å². The van der Waals surface area contributed by atoms with Gasteiger partial charge in [-0.05, 0) is 52.9 Å². The van der Waals surface area contributed by atoms with Gasteiger partial charge in [-0.3, -0.25) is 10.1 Å². The van der Waals surface area contributed by atoms with Gasteiger partial charge in [-0.1, -0.05) is 19.0 Å². The number of hydrogen-bond acceptors (Lipinski definition) is 8. The molecule has 0 bridgehead atoms. The average Bonchev–Trinajstić information content (AvgIpc) is 3.24. The number of hydrogen-bond donors (Lipinski definition) is 1. The van der Waals surface area contributed by atoms with Gasteiger partial charge >= 0.3 is 0 Å². The molecule has 2 atom stereocenters. The summed E-state index contributed by atoms with van der Waals surface area (Å²) in [5.41, 5.74) is 0.0814. The lowest BCUT2D eigenvalue weighted by atomic mass is 9.84. The van der Waals surface area contributed by atoms with Crippen LogP contribution in [0.1, 0.15) is 72.4 Å². The molecular formula is C22H36N2O7S. The summed E-state index contributed by atoms with van der Waals surface area (Å²) < 4.78 is 46.9. The van der Waals surface area contributed by atoms with Crippen LogP contribution in [0.25, 0.3) is 0 Å². The van der Waals surface area contributed by atoms with Crippen LogP contribution < -0.4 is 5.32 Å². The zero-order valence-corrected chi connectivity index (χ0v) is 20.5. The van der Waals surface area contributed by atoms with Crippen LogP contribution >= 0.6 is 0 Å². The van der Waals surface area contributed by atoms with Gasteiger partial charge < -0.3 is 18.7 Å². The second kappa shape index (κ2) is 9.79. The molecule has 3 heterocycles. The molecule has 2 aliphatic rings. The van der Waals surface area contributed by atoms with Gasteiger partial charge in [-0.2, -0.15) is 0 Å². The summed E-state index contributed by atoms with van der Waals surface area (Å²) >= 11 is 0. The Hall–Kier alpha value is -1.49. The van der Waals surface area contributed by atoms with Gasteiger partial charge in [0, 0.05) is 31.3 Å². The summed E-state index contributed by atoms with van der Waals surface area (Å²) in [6.45, 7) is 10.2. The summed E-state index contributed by atoms with van der Waals surface area (Å²) in [6, 6.07) is 1.62. The predicted octanol–water partition coefficient (Wildman–Crippen LogP) is 3.19. The fraction of sp³-hybridized carbons (Fsp3) is 0.818. The average molecular weight is 473 g/mol. The van der Waals surface area contributed by atoms with Crippen molar-refractivity contribution in [1.29, 1.82) is 0 Å². The molecule has 2 fully saturated rings. The molecular weight excluding hydrogens is 436 g/mol. The largest absolute Gasteiger partial charge is 0.381 e. The van der Waals surface area contributed by atoms with E-state index >= 15 is 0 Å². The third-order valence-electron chi connectivity index (χ3n) is 6.78. The zero-order valence-electron chi connectivity index (χ0n) is 19.7. The molecule has 3 rings (SSSR count). The molecule has 9 nitrogen and oxygen atoms in total. The van der Waals surface area contributed by atoms with Gasteiger partial charge in [0.2, 0.25) is 11.8 Å². The Morgan fingerprint density at radius 2 is 1.84 bits per heavy atom. The Kier molecular flexibility index (Phi) is 7.69. The normalized spacial score (nSPS) is 22.5. The van der Waals surface area contributed by atoms with Gasteiger partial charge in [0.25, 0.3) is 0 Å². The Balaban J connectivity index is 1.67. The van der Waals surface area contributed by atoms with Crippen LogP contribution in [0.5, 0.6) is 0 Å². The van der Waals surface area contributed by atoms with Crippen LogP contribution in [0.3, 0.4) is 0 Å². The van der Waals surface area contributed by atoms with Crippen molar-refractivity contribution in [3.63, 3.8) is 0 Å². The molecule has 0 spiro atoms. The number of nitrogens with one attached hydrogen (secondary N) is 1. The van der Waals surface area contributed by atoms with Gasteiger partial charge in [0.1, 0.15) is 4.75 Å². The van der Waals surface area contributed by atoms with Crippen LogP contribution in [0, 0.1) is 0 Å². The Morgan fingerprint density at radius 3 is 2.47 bits per heavy atom. The van der Waals surface area contributed by atoms with Crippen molar-refractivity contribution in [2.24, 2.45) is 0 Å². The van der Waals surface area contributed by atoms with E-state index in [0.717, 1.165) is 19.3 Å². The highest BCUT2D eigenvalue weighted by Gasteiger charge is 2.47. The van der Waals surface area contributed by atoms with Crippen molar-refractivity contribution in [3.8, 4) is 0 Å². The first-order valence-corrected chi connectivity index (χ1v) is 12.9. The van der Waals surface area contributed by atoms with E-state index < -0.39 is 31.2 Å². The fourth-order valence-corrected chi connectivity index (χ4v) is 5.81. The van der Waals surface area contributed by atoms with Gasteiger partial charge in [0.05, 0.1) is 17.0 Å². The summed E-state index contributed by atoms with van der Waals surface area (Å²) in [6.07, 6.45) is 3.31. The fourth-order valence-electron chi connectivity index (χ4n) is 3.86. The number of carbonyl (C=O) groups excluding carboxylic acids is 1. The molecule has 1 aromatic heterocycles. The number of ether oxygens (including phenoxy) is 3. The molecule has 2 aliphatic heterocycles. The summed E-state index contributed by atoms with van der Waals surface area (Å²) in [5, 5.41) is 6.11. The van der Waals surface area contributed by atoms with Crippen LogP contribution in [0.2, 0.25) is 0 Å². The molecule has 0 aromatic carbocycles. The van der Waals surface area contributed by atoms with Crippen LogP contribution in [-0.4, -0.2) is 61.7 Å².